The summed E-state index contributed by atoms with van der Waals surface area (Å²) < 4.78 is 27.5. The van der Waals surface area contributed by atoms with Crippen LogP contribution in [0, 0.1) is 0 Å². The number of rotatable bonds is 6. The molecule has 0 spiro atoms. The largest absolute Gasteiger partial charge is 0.469 e. The SMILES string of the molecule is NCCOP(=O)(O)O.NCCOP(=O)(O)O.[Ca]. The number of hydrogen-bond donors (Lipinski definition) is 6. The van der Waals surface area contributed by atoms with Gasteiger partial charge in [-0.25, -0.2) is 9.13 Å². The van der Waals surface area contributed by atoms with Crippen molar-refractivity contribution in [3.63, 3.8) is 0 Å². The van der Waals surface area contributed by atoms with Gasteiger partial charge >= 0.3 is 15.6 Å². The van der Waals surface area contributed by atoms with Crippen molar-refractivity contribution in [2.24, 2.45) is 11.5 Å². The minimum atomic E-state index is -4.26. The third-order valence-corrected chi connectivity index (χ3v) is 1.79. The van der Waals surface area contributed by atoms with Crippen LogP contribution in [0.15, 0.2) is 0 Å². The van der Waals surface area contributed by atoms with Crippen LogP contribution in [0.2, 0.25) is 0 Å². The van der Waals surface area contributed by atoms with E-state index in [0.717, 1.165) is 0 Å². The van der Waals surface area contributed by atoms with Crippen molar-refractivity contribution in [3.8, 4) is 0 Å². The molecule has 0 amide bonds. The second kappa shape index (κ2) is 12.4. The molecular formula is C4H16CaN2O8P2. The van der Waals surface area contributed by atoms with Crippen molar-refractivity contribution in [1.82, 2.24) is 0 Å². The molecule has 17 heavy (non-hydrogen) atoms. The third kappa shape index (κ3) is 31.8. The average molecular weight is 322 g/mol. The molecule has 10 nitrogen and oxygen atoms in total. The van der Waals surface area contributed by atoms with Gasteiger partial charge in [0.2, 0.25) is 0 Å². The number of phosphoric ester groups is 2. The van der Waals surface area contributed by atoms with Crippen molar-refractivity contribution in [1.29, 1.82) is 0 Å². The zero-order valence-electron chi connectivity index (χ0n) is 9.01. The molecule has 0 aromatic heterocycles. The van der Waals surface area contributed by atoms with Gasteiger partial charge in [-0.1, -0.05) is 0 Å². The molecule has 0 aliphatic heterocycles. The number of phosphoric acid groups is 2. The quantitative estimate of drug-likeness (QED) is 0.230. The molecule has 0 atom stereocenters. The normalized spacial score (nSPS) is 11.2. The summed E-state index contributed by atoms with van der Waals surface area (Å²) in [5.41, 5.74) is 9.73. The Labute approximate surface area is 128 Å². The van der Waals surface area contributed by atoms with E-state index in [4.69, 9.17) is 31.0 Å². The molecule has 0 bridgehead atoms. The molecule has 13 heteroatoms. The van der Waals surface area contributed by atoms with E-state index in [0.29, 0.717) is 0 Å². The van der Waals surface area contributed by atoms with E-state index in [1.54, 1.807) is 0 Å². The Bertz CT molecular complexity index is 228. The maximum absolute atomic E-state index is 9.81. The summed E-state index contributed by atoms with van der Waals surface area (Å²) in [6, 6.07) is 0. The smallest absolute Gasteiger partial charge is 0.328 e. The summed E-state index contributed by atoms with van der Waals surface area (Å²) in [5.74, 6) is 0. The van der Waals surface area contributed by atoms with Crippen LogP contribution in [0.3, 0.4) is 0 Å². The molecule has 0 unspecified atom stereocenters. The molecule has 2 radical (unpaired) electrons. The molecule has 0 heterocycles. The van der Waals surface area contributed by atoms with Crippen molar-refractivity contribution in [3.05, 3.63) is 0 Å². The number of hydrogen-bond acceptors (Lipinski definition) is 6. The second-order valence-corrected chi connectivity index (χ2v) is 4.70. The summed E-state index contributed by atoms with van der Waals surface area (Å²) in [7, 11) is -8.52. The van der Waals surface area contributed by atoms with Gasteiger partial charge in [-0.3, -0.25) is 9.05 Å². The van der Waals surface area contributed by atoms with Crippen LogP contribution in [-0.4, -0.2) is 83.6 Å². The minimum absolute atomic E-state index is 0. The molecule has 102 valence electrons. The van der Waals surface area contributed by atoms with Crippen LogP contribution in [0.5, 0.6) is 0 Å². The Morgan fingerprint density at radius 2 is 1.06 bits per heavy atom. The fourth-order valence-corrected chi connectivity index (χ4v) is 1.03. The van der Waals surface area contributed by atoms with Gasteiger partial charge in [0.25, 0.3) is 0 Å². The molecule has 0 saturated heterocycles. The standard InChI is InChI=1S/2C2H8NO4P.Ca/c2*3-1-2-7-8(4,5)6;/h2*1-3H2,(H2,4,5,6);. The maximum Gasteiger partial charge on any atom is 0.469 e. The molecule has 0 aromatic carbocycles. The fourth-order valence-electron chi connectivity index (χ4n) is 0.343. The predicted octanol–water partition coefficient (Wildman–Crippen LogP) is -2.27. The van der Waals surface area contributed by atoms with Gasteiger partial charge in [-0.05, 0) is 0 Å². The first-order valence-electron chi connectivity index (χ1n) is 3.92. The third-order valence-electron chi connectivity index (χ3n) is 0.755. The molecule has 8 N–H and O–H groups in total. The van der Waals surface area contributed by atoms with E-state index in [1.807, 2.05) is 0 Å². The maximum atomic E-state index is 9.81. The Balaban J connectivity index is -0.000000218. The van der Waals surface area contributed by atoms with E-state index in [1.165, 1.54) is 0 Å². The van der Waals surface area contributed by atoms with Crippen LogP contribution in [-0.2, 0) is 18.2 Å². The van der Waals surface area contributed by atoms with Gasteiger partial charge in [0, 0.05) is 50.8 Å². The molecule has 0 fully saturated rings. The van der Waals surface area contributed by atoms with Gasteiger partial charge in [0.1, 0.15) is 0 Å². The Morgan fingerprint density at radius 1 is 0.824 bits per heavy atom. The van der Waals surface area contributed by atoms with Gasteiger partial charge in [-0.2, -0.15) is 0 Å². The molecular weight excluding hydrogens is 306 g/mol. The average Bonchev–Trinajstić information content (AvgIpc) is 2.10. The van der Waals surface area contributed by atoms with Crippen LogP contribution in [0.25, 0.3) is 0 Å². The molecule has 0 saturated carbocycles. The van der Waals surface area contributed by atoms with E-state index in [2.05, 4.69) is 9.05 Å². The first kappa shape index (κ1) is 23.5. The van der Waals surface area contributed by atoms with Crippen LogP contribution >= 0.6 is 15.6 Å². The van der Waals surface area contributed by atoms with Crippen LogP contribution in [0.1, 0.15) is 0 Å². The Morgan fingerprint density at radius 3 is 1.12 bits per heavy atom. The second-order valence-electron chi connectivity index (χ2n) is 2.22. The Hall–Kier alpha value is 1.40. The summed E-state index contributed by atoms with van der Waals surface area (Å²) in [4.78, 5) is 31.9. The van der Waals surface area contributed by atoms with Gasteiger partial charge in [-0.15, -0.1) is 0 Å². The van der Waals surface area contributed by atoms with Crippen molar-refractivity contribution in [2.75, 3.05) is 26.3 Å². The van der Waals surface area contributed by atoms with Crippen molar-refractivity contribution >= 4 is 53.4 Å². The Kier molecular flexibility index (Phi) is 17.2. The molecule has 0 aromatic rings. The summed E-state index contributed by atoms with van der Waals surface area (Å²) in [6.07, 6.45) is 0. The predicted molar refractivity (Wildman–Crippen MR) is 59.9 cm³/mol. The van der Waals surface area contributed by atoms with Crippen LogP contribution in [0.4, 0.5) is 0 Å². The van der Waals surface area contributed by atoms with Crippen molar-refractivity contribution in [2.45, 2.75) is 0 Å². The monoisotopic (exact) mass is 322 g/mol. The van der Waals surface area contributed by atoms with Gasteiger partial charge < -0.3 is 31.0 Å². The molecule has 0 aliphatic carbocycles. The van der Waals surface area contributed by atoms with E-state index in [-0.39, 0.29) is 64.0 Å². The van der Waals surface area contributed by atoms with Crippen molar-refractivity contribution < 1.29 is 37.8 Å². The van der Waals surface area contributed by atoms with E-state index < -0.39 is 15.6 Å². The van der Waals surface area contributed by atoms with E-state index >= 15 is 0 Å². The first-order valence-corrected chi connectivity index (χ1v) is 6.98. The first-order chi connectivity index (χ1) is 7.12. The summed E-state index contributed by atoms with van der Waals surface area (Å²) >= 11 is 0. The summed E-state index contributed by atoms with van der Waals surface area (Å²) in [5, 5.41) is 0. The van der Waals surface area contributed by atoms with E-state index in [9.17, 15) is 9.13 Å². The molecule has 0 aliphatic rings. The fraction of sp³-hybridized carbons (Fsp3) is 1.00. The minimum Gasteiger partial charge on any atom is -0.328 e. The zero-order chi connectivity index (χ0) is 13.2. The van der Waals surface area contributed by atoms with Gasteiger partial charge in [0.05, 0.1) is 13.2 Å². The zero-order valence-corrected chi connectivity index (χ0v) is 13.0. The van der Waals surface area contributed by atoms with Gasteiger partial charge in [0.15, 0.2) is 0 Å². The number of nitrogens with two attached hydrogens (primary N) is 2. The summed E-state index contributed by atoms with van der Waals surface area (Å²) in [6.45, 7) is 0.0186. The molecule has 0 rings (SSSR count). The van der Waals surface area contributed by atoms with Crippen LogP contribution < -0.4 is 11.5 Å². The topological polar surface area (TPSA) is 186 Å².